The lowest BCUT2D eigenvalue weighted by molar-refractivity contribution is 0.177. The van der Waals surface area contributed by atoms with Gasteiger partial charge in [0.2, 0.25) is 11.7 Å². The molecule has 0 bridgehead atoms. The minimum Gasteiger partial charge on any atom is -0.339 e. The molecule has 3 aromatic rings. The lowest BCUT2D eigenvalue weighted by Gasteiger charge is -2.30. The number of hydrogen-bond acceptors (Lipinski definition) is 6. The lowest BCUT2D eigenvalue weighted by Crippen LogP contribution is -2.34. The largest absolute Gasteiger partial charge is 0.339 e. The van der Waals surface area contributed by atoms with Crippen LogP contribution < -0.4 is 0 Å². The minimum absolute atomic E-state index is 0.282. The first-order valence-electron chi connectivity index (χ1n) is 8.79. The molecule has 0 radical (unpaired) electrons. The van der Waals surface area contributed by atoms with Gasteiger partial charge in [-0.15, -0.1) is 0 Å². The molecule has 1 atom stereocenters. The van der Waals surface area contributed by atoms with Crippen molar-refractivity contribution in [1.82, 2.24) is 29.6 Å². The van der Waals surface area contributed by atoms with Crippen molar-refractivity contribution in [1.29, 1.82) is 0 Å². The molecule has 0 spiro atoms. The van der Waals surface area contributed by atoms with Crippen LogP contribution in [-0.2, 0) is 13.1 Å². The number of piperidine rings is 1. The first-order valence-corrected chi connectivity index (χ1v) is 8.79. The monoisotopic (exact) mass is 338 g/mol. The molecule has 1 fully saturated rings. The molecule has 7 nitrogen and oxygen atoms in total. The van der Waals surface area contributed by atoms with Crippen LogP contribution in [0.15, 0.2) is 41.6 Å². The van der Waals surface area contributed by atoms with Gasteiger partial charge in [-0.05, 0) is 38.4 Å². The Morgan fingerprint density at radius 3 is 3.08 bits per heavy atom. The minimum atomic E-state index is 0.282. The quantitative estimate of drug-likeness (QED) is 0.712. The zero-order chi connectivity index (χ0) is 17.1. The first kappa shape index (κ1) is 16.0. The van der Waals surface area contributed by atoms with Crippen LogP contribution in [0.4, 0.5) is 0 Å². The average molecular weight is 338 g/mol. The van der Waals surface area contributed by atoms with Gasteiger partial charge in [0.05, 0.1) is 17.9 Å². The molecule has 0 saturated carbocycles. The van der Waals surface area contributed by atoms with E-state index in [9.17, 15) is 0 Å². The van der Waals surface area contributed by atoms with Crippen LogP contribution in [0.25, 0.3) is 11.4 Å². The fourth-order valence-corrected chi connectivity index (χ4v) is 3.41. The molecule has 25 heavy (non-hydrogen) atoms. The Balaban J connectivity index is 1.45. The maximum absolute atomic E-state index is 5.55. The van der Waals surface area contributed by atoms with E-state index in [1.807, 2.05) is 24.7 Å². The average Bonchev–Trinajstić information content (AvgIpc) is 3.32. The van der Waals surface area contributed by atoms with Gasteiger partial charge >= 0.3 is 0 Å². The normalized spacial score (nSPS) is 18.5. The third-order valence-electron chi connectivity index (χ3n) is 4.74. The molecule has 0 N–H and O–H groups in total. The third-order valence-corrected chi connectivity index (χ3v) is 4.74. The molecule has 3 aromatic heterocycles. The molecular formula is C18H22N6O. The summed E-state index contributed by atoms with van der Waals surface area (Å²) in [6.07, 6.45) is 9.57. The number of pyridine rings is 1. The second-order valence-corrected chi connectivity index (χ2v) is 6.44. The van der Waals surface area contributed by atoms with Crippen molar-refractivity contribution in [2.45, 2.75) is 38.8 Å². The molecular weight excluding hydrogens is 316 g/mol. The Morgan fingerprint density at radius 2 is 2.24 bits per heavy atom. The Bertz CT molecular complexity index is 812. The van der Waals surface area contributed by atoms with Gasteiger partial charge in [-0.3, -0.25) is 9.88 Å². The van der Waals surface area contributed by atoms with Crippen molar-refractivity contribution >= 4 is 0 Å². The Labute approximate surface area is 146 Å². The van der Waals surface area contributed by atoms with E-state index in [0.717, 1.165) is 50.5 Å². The van der Waals surface area contributed by atoms with E-state index >= 15 is 0 Å². The summed E-state index contributed by atoms with van der Waals surface area (Å²) in [7, 11) is 0. The number of aromatic nitrogens is 5. The van der Waals surface area contributed by atoms with Gasteiger partial charge in [-0.1, -0.05) is 5.16 Å². The van der Waals surface area contributed by atoms with E-state index in [4.69, 9.17) is 4.52 Å². The van der Waals surface area contributed by atoms with E-state index in [1.165, 1.54) is 5.69 Å². The lowest BCUT2D eigenvalue weighted by atomic mass is 9.98. The summed E-state index contributed by atoms with van der Waals surface area (Å²) in [5.41, 5.74) is 2.14. The standard InChI is InChI=1S/C18H22N6O/c1-2-24-13-20-10-16(24)12-23-8-4-6-15(11-23)18-21-17(22-25-18)14-5-3-7-19-9-14/h3,5,7,9-10,13,15H,2,4,6,8,11-12H2,1H3. The summed E-state index contributed by atoms with van der Waals surface area (Å²) in [5, 5.41) is 4.13. The molecule has 0 amide bonds. The van der Waals surface area contributed by atoms with E-state index in [-0.39, 0.29) is 5.92 Å². The van der Waals surface area contributed by atoms with Crippen molar-refractivity contribution in [2.24, 2.45) is 0 Å². The van der Waals surface area contributed by atoms with E-state index < -0.39 is 0 Å². The topological polar surface area (TPSA) is 72.9 Å². The highest BCUT2D eigenvalue weighted by Gasteiger charge is 2.26. The zero-order valence-corrected chi connectivity index (χ0v) is 14.4. The molecule has 1 saturated heterocycles. The smallest absolute Gasteiger partial charge is 0.231 e. The fourth-order valence-electron chi connectivity index (χ4n) is 3.41. The first-order chi connectivity index (χ1) is 12.3. The Morgan fingerprint density at radius 1 is 1.28 bits per heavy atom. The predicted molar refractivity (Wildman–Crippen MR) is 92.7 cm³/mol. The predicted octanol–water partition coefficient (Wildman–Crippen LogP) is 2.73. The van der Waals surface area contributed by atoms with Crippen molar-refractivity contribution < 1.29 is 4.52 Å². The van der Waals surface area contributed by atoms with Gasteiger partial charge in [-0.25, -0.2) is 4.98 Å². The highest BCUT2D eigenvalue weighted by molar-refractivity contribution is 5.51. The van der Waals surface area contributed by atoms with Gasteiger partial charge in [0.15, 0.2) is 0 Å². The molecule has 7 heteroatoms. The Kier molecular flexibility index (Phi) is 4.56. The molecule has 4 rings (SSSR count). The number of aryl methyl sites for hydroxylation is 1. The summed E-state index contributed by atoms with van der Waals surface area (Å²) < 4.78 is 7.75. The second-order valence-electron chi connectivity index (χ2n) is 6.44. The van der Waals surface area contributed by atoms with Crippen molar-refractivity contribution in [3.05, 3.63) is 48.6 Å². The van der Waals surface area contributed by atoms with E-state index in [1.54, 1.807) is 12.4 Å². The molecule has 0 aliphatic carbocycles. The maximum Gasteiger partial charge on any atom is 0.231 e. The highest BCUT2D eigenvalue weighted by atomic mass is 16.5. The van der Waals surface area contributed by atoms with Crippen molar-refractivity contribution in [2.75, 3.05) is 13.1 Å². The van der Waals surface area contributed by atoms with Crippen LogP contribution in [0, 0.1) is 0 Å². The van der Waals surface area contributed by atoms with Crippen LogP contribution in [0.5, 0.6) is 0 Å². The van der Waals surface area contributed by atoms with Gasteiger partial charge in [-0.2, -0.15) is 4.98 Å². The van der Waals surface area contributed by atoms with Gasteiger partial charge in [0.1, 0.15) is 0 Å². The molecule has 0 aromatic carbocycles. The van der Waals surface area contributed by atoms with Crippen LogP contribution in [0.3, 0.4) is 0 Å². The maximum atomic E-state index is 5.55. The summed E-state index contributed by atoms with van der Waals surface area (Å²) in [6.45, 7) is 6.03. The van der Waals surface area contributed by atoms with Crippen molar-refractivity contribution in [3.63, 3.8) is 0 Å². The molecule has 1 unspecified atom stereocenters. The van der Waals surface area contributed by atoms with Gasteiger partial charge < -0.3 is 9.09 Å². The van der Waals surface area contributed by atoms with Gasteiger partial charge in [0.25, 0.3) is 0 Å². The number of imidazole rings is 1. The number of likely N-dealkylation sites (tertiary alicyclic amines) is 1. The summed E-state index contributed by atoms with van der Waals surface area (Å²) in [4.78, 5) is 15.4. The summed E-state index contributed by atoms with van der Waals surface area (Å²) >= 11 is 0. The molecule has 1 aliphatic heterocycles. The summed E-state index contributed by atoms with van der Waals surface area (Å²) in [5.74, 6) is 1.63. The van der Waals surface area contributed by atoms with Crippen LogP contribution in [0.2, 0.25) is 0 Å². The van der Waals surface area contributed by atoms with Crippen molar-refractivity contribution in [3.8, 4) is 11.4 Å². The highest BCUT2D eigenvalue weighted by Crippen LogP contribution is 2.28. The van der Waals surface area contributed by atoms with Gasteiger partial charge in [0, 0.05) is 43.8 Å². The van der Waals surface area contributed by atoms with Crippen LogP contribution in [0.1, 0.15) is 37.3 Å². The number of nitrogens with zero attached hydrogens (tertiary/aromatic N) is 6. The SMILES string of the molecule is CCn1cncc1CN1CCCC(c2nc(-c3cccnc3)no2)C1. The van der Waals surface area contributed by atoms with Crippen LogP contribution in [-0.4, -0.2) is 42.7 Å². The van der Waals surface area contributed by atoms with E-state index in [2.05, 4.69) is 36.5 Å². The molecule has 130 valence electrons. The fraction of sp³-hybridized carbons (Fsp3) is 0.444. The number of rotatable bonds is 5. The van der Waals surface area contributed by atoms with E-state index in [0.29, 0.717) is 5.82 Å². The third kappa shape index (κ3) is 3.46. The summed E-state index contributed by atoms with van der Waals surface area (Å²) in [6, 6.07) is 3.82. The molecule has 4 heterocycles. The number of hydrogen-bond donors (Lipinski definition) is 0. The molecule has 1 aliphatic rings. The Hall–Kier alpha value is -2.54. The second kappa shape index (κ2) is 7.14. The zero-order valence-electron chi connectivity index (χ0n) is 14.4. The van der Waals surface area contributed by atoms with Crippen LogP contribution >= 0.6 is 0 Å².